The highest BCUT2D eigenvalue weighted by Gasteiger charge is 2.47. The lowest BCUT2D eigenvalue weighted by atomic mass is 10.1. The molecule has 142 valence electrons. The number of nitrogens with zero attached hydrogens (tertiary/aromatic N) is 2. The van der Waals surface area contributed by atoms with Crippen molar-refractivity contribution >= 4 is 60.0 Å². The minimum atomic E-state index is -3.11. The van der Waals surface area contributed by atoms with Crippen molar-refractivity contribution in [2.75, 3.05) is 16.4 Å². The van der Waals surface area contributed by atoms with Gasteiger partial charge in [0, 0.05) is 20.9 Å². The SMILES string of the molecule is O=S1(=O)CC2N=C(SCc3ccc(Br)cc3F)N(c3cccc(Cl)c3)C2C1. The molecule has 0 aromatic heterocycles. The van der Waals surface area contributed by atoms with Gasteiger partial charge in [0.15, 0.2) is 15.0 Å². The van der Waals surface area contributed by atoms with Crippen molar-refractivity contribution in [1.29, 1.82) is 0 Å². The quantitative estimate of drug-likeness (QED) is 0.636. The summed E-state index contributed by atoms with van der Waals surface area (Å²) >= 11 is 10.8. The average molecular weight is 490 g/mol. The van der Waals surface area contributed by atoms with E-state index in [4.69, 9.17) is 11.6 Å². The Bertz CT molecular complexity index is 1030. The molecule has 2 atom stereocenters. The Morgan fingerprint density at radius 3 is 2.81 bits per heavy atom. The third-order valence-corrected chi connectivity index (χ3v) is 8.01. The van der Waals surface area contributed by atoms with Gasteiger partial charge in [-0.3, -0.25) is 4.99 Å². The molecule has 2 heterocycles. The molecule has 2 unspecified atom stereocenters. The van der Waals surface area contributed by atoms with Gasteiger partial charge in [0.1, 0.15) is 5.82 Å². The van der Waals surface area contributed by atoms with E-state index < -0.39 is 9.84 Å². The second-order valence-corrected chi connectivity index (χ2v) is 10.9. The number of thioether (sulfide) groups is 1. The summed E-state index contributed by atoms with van der Waals surface area (Å²) in [4.78, 5) is 6.58. The molecule has 1 saturated heterocycles. The van der Waals surface area contributed by atoms with Gasteiger partial charge in [-0.15, -0.1) is 0 Å². The van der Waals surface area contributed by atoms with Crippen LogP contribution in [0.5, 0.6) is 0 Å². The van der Waals surface area contributed by atoms with E-state index in [2.05, 4.69) is 20.9 Å². The fourth-order valence-electron chi connectivity index (χ4n) is 3.34. The van der Waals surface area contributed by atoms with Crippen molar-refractivity contribution < 1.29 is 12.8 Å². The van der Waals surface area contributed by atoms with Crippen LogP contribution in [0, 0.1) is 5.82 Å². The zero-order valence-corrected chi connectivity index (χ0v) is 18.0. The fraction of sp³-hybridized carbons (Fsp3) is 0.278. The van der Waals surface area contributed by atoms with Gasteiger partial charge in [-0.05, 0) is 35.9 Å². The lowest BCUT2D eigenvalue weighted by Gasteiger charge is -2.26. The predicted molar refractivity (Wildman–Crippen MR) is 113 cm³/mol. The highest BCUT2D eigenvalue weighted by molar-refractivity contribution is 9.10. The van der Waals surface area contributed by atoms with Gasteiger partial charge in [0.2, 0.25) is 0 Å². The Kier molecular flexibility index (Phi) is 5.26. The molecule has 0 N–H and O–H groups in total. The van der Waals surface area contributed by atoms with Crippen LogP contribution in [0.15, 0.2) is 51.9 Å². The van der Waals surface area contributed by atoms with E-state index in [1.807, 2.05) is 17.0 Å². The highest BCUT2D eigenvalue weighted by atomic mass is 79.9. The molecule has 0 spiro atoms. The third kappa shape index (κ3) is 4.04. The Balaban J connectivity index is 1.63. The largest absolute Gasteiger partial charge is 0.315 e. The molecule has 0 aliphatic carbocycles. The van der Waals surface area contributed by atoms with E-state index >= 15 is 0 Å². The van der Waals surface area contributed by atoms with Crippen molar-refractivity contribution in [2.24, 2.45) is 4.99 Å². The molecular weight excluding hydrogens is 475 g/mol. The molecule has 4 rings (SSSR count). The fourth-order valence-corrected chi connectivity index (χ4v) is 6.81. The van der Waals surface area contributed by atoms with E-state index in [9.17, 15) is 12.8 Å². The van der Waals surface area contributed by atoms with E-state index in [-0.39, 0.29) is 29.4 Å². The summed E-state index contributed by atoms with van der Waals surface area (Å²) in [6, 6.07) is 11.7. The van der Waals surface area contributed by atoms with E-state index in [1.54, 1.807) is 24.3 Å². The molecule has 2 aliphatic rings. The molecule has 4 nitrogen and oxygen atoms in total. The summed E-state index contributed by atoms with van der Waals surface area (Å²) in [6.45, 7) is 0. The van der Waals surface area contributed by atoms with Gasteiger partial charge in [-0.2, -0.15) is 0 Å². The van der Waals surface area contributed by atoms with Crippen LogP contribution in [-0.4, -0.2) is 37.2 Å². The maximum absolute atomic E-state index is 14.1. The monoisotopic (exact) mass is 488 g/mol. The molecule has 0 amide bonds. The molecule has 2 aromatic carbocycles. The first kappa shape index (κ1) is 19.2. The third-order valence-electron chi connectivity index (χ3n) is 4.57. The van der Waals surface area contributed by atoms with Crippen molar-refractivity contribution in [2.45, 2.75) is 17.8 Å². The van der Waals surface area contributed by atoms with E-state index in [0.29, 0.717) is 26.0 Å². The van der Waals surface area contributed by atoms with Gasteiger partial charge in [-0.1, -0.05) is 51.4 Å². The Hall–Kier alpha value is -1.09. The normalized spacial score (nSPS) is 23.4. The number of hydrogen-bond donors (Lipinski definition) is 0. The molecule has 27 heavy (non-hydrogen) atoms. The predicted octanol–water partition coefficient (Wildman–Crippen LogP) is 4.52. The van der Waals surface area contributed by atoms with Gasteiger partial charge in [-0.25, -0.2) is 12.8 Å². The summed E-state index contributed by atoms with van der Waals surface area (Å²) in [6.07, 6.45) is 0. The van der Waals surface area contributed by atoms with Crippen LogP contribution in [0.4, 0.5) is 10.1 Å². The maximum Gasteiger partial charge on any atom is 0.164 e. The van der Waals surface area contributed by atoms with Crippen LogP contribution >= 0.6 is 39.3 Å². The number of fused-ring (bicyclic) bond motifs is 1. The molecule has 2 aromatic rings. The van der Waals surface area contributed by atoms with Crippen LogP contribution in [-0.2, 0) is 15.6 Å². The Labute approximate surface area is 174 Å². The molecule has 0 saturated carbocycles. The molecule has 0 bridgehead atoms. The molecular formula is C18H15BrClFN2O2S2. The molecule has 9 heteroatoms. The Morgan fingerprint density at radius 2 is 2.07 bits per heavy atom. The van der Waals surface area contributed by atoms with Gasteiger partial charge in [0.05, 0.1) is 23.6 Å². The van der Waals surface area contributed by atoms with Crippen LogP contribution in [0.3, 0.4) is 0 Å². The minimum absolute atomic E-state index is 0.0471. The number of rotatable bonds is 3. The lowest BCUT2D eigenvalue weighted by molar-refractivity contribution is 0.601. The summed E-state index contributed by atoms with van der Waals surface area (Å²) in [5, 5.41) is 1.27. The lowest BCUT2D eigenvalue weighted by Crippen LogP contribution is -2.39. The summed E-state index contributed by atoms with van der Waals surface area (Å²) in [7, 11) is -3.11. The van der Waals surface area contributed by atoms with Crippen molar-refractivity contribution in [3.8, 4) is 0 Å². The van der Waals surface area contributed by atoms with Crippen LogP contribution < -0.4 is 4.90 Å². The van der Waals surface area contributed by atoms with Crippen molar-refractivity contribution in [3.63, 3.8) is 0 Å². The number of halogens is 3. The minimum Gasteiger partial charge on any atom is -0.315 e. The van der Waals surface area contributed by atoms with Crippen molar-refractivity contribution in [1.82, 2.24) is 0 Å². The number of aliphatic imine (C=N–C) groups is 1. The first-order valence-electron chi connectivity index (χ1n) is 8.22. The zero-order valence-electron chi connectivity index (χ0n) is 14.0. The van der Waals surface area contributed by atoms with Crippen LogP contribution in [0.2, 0.25) is 5.02 Å². The van der Waals surface area contributed by atoms with E-state index in [1.165, 1.54) is 17.8 Å². The molecule has 1 fully saturated rings. The zero-order chi connectivity index (χ0) is 19.2. The summed E-state index contributed by atoms with van der Waals surface area (Å²) < 4.78 is 39.0. The van der Waals surface area contributed by atoms with Crippen LogP contribution in [0.25, 0.3) is 0 Å². The van der Waals surface area contributed by atoms with E-state index in [0.717, 1.165) is 5.69 Å². The highest BCUT2D eigenvalue weighted by Crippen LogP contribution is 2.37. The Morgan fingerprint density at radius 1 is 1.26 bits per heavy atom. The summed E-state index contributed by atoms with van der Waals surface area (Å²) in [5.41, 5.74) is 1.37. The van der Waals surface area contributed by atoms with Gasteiger partial charge < -0.3 is 4.90 Å². The van der Waals surface area contributed by atoms with Crippen LogP contribution in [0.1, 0.15) is 5.56 Å². The molecule has 0 radical (unpaired) electrons. The average Bonchev–Trinajstić information content (AvgIpc) is 3.05. The number of amidine groups is 1. The summed E-state index contributed by atoms with van der Waals surface area (Å²) in [5.74, 6) is 0.226. The number of hydrogen-bond acceptors (Lipinski definition) is 5. The van der Waals surface area contributed by atoms with Crippen molar-refractivity contribution in [3.05, 3.63) is 63.3 Å². The van der Waals surface area contributed by atoms with Gasteiger partial charge in [0.25, 0.3) is 0 Å². The van der Waals surface area contributed by atoms with Gasteiger partial charge >= 0.3 is 0 Å². The smallest absolute Gasteiger partial charge is 0.164 e. The first-order chi connectivity index (χ1) is 12.8. The molecule has 2 aliphatic heterocycles. The second-order valence-electron chi connectivity index (χ2n) is 6.50. The topological polar surface area (TPSA) is 49.7 Å². The first-order valence-corrected chi connectivity index (χ1v) is 12.2. The number of benzene rings is 2. The second kappa shape index (κ2) is 7.39. The maximum atomic E-state index is 14.1. The number of sulfone groups is 1. The number of anilines is 1. The standard InChI is InChI=1S/C18H15BrClFN2O2S2/c19-12-5-4-11(15(21)6-12)8-26-18-22-16-9-27(24,25)10-17(16)23(18)14-3-1-2-13(20)7-14/h1-7,16-17H,8-10H2.